The summed E-state index contributed by atoms with van der Waals surface area (Å²) in [5, 5.41) is 6.98. The zero-order valence-electron chi connectivity index (χ0n) is 12.4. The van der Waals surface area contributed by atoms with E-state index in [0.29, 0.717) is 6.04 Å². The minimum Gasteiger partial charge on any atom is -0.377 e. The molecule has 108 valence electrons. The van der Waals surface area contributed by atoms with E-state index in [0.717, 1.165) is 18.0 Å². The molecule has 4 heteroatoms. The highest BCUT2D eigenvalue weighted by atomic mass is 32.1. The maximum absolute atomic E-state index is 5.99. The Morgan fingerprint density at radius 3 is 2.68 bits per heavy atom. The summed E-state index contributed by atoms with van der Waals surface area (Å²) in [6.07, 6.45) is 7.23. The monoisotopic (exact) mass is 282 g/mol. The fourth-order valence-corrected chi connectivity index (χ4v) is 3.87. The molecule has 2 rings (SSSR count). The van der Waals surface area contributed by atoms with E-state index in [-0.39, 0.29) is 5.60 Å². The minimum atomic E-state index is 0.00574. The van der Waals surface area contributed by atoms with Crippen molar-refractivity contribution in [2.45, 2.75) is 64.0 Å². The molecule has 3 nitrogen and oxygen atoms in total. The van der Waals surface area contributed by atoms with Gasteiger partial charge in [0.05, 0.1) is 16.3 Å². The third-order valence-corrected chi connectivity index (χ3v) is 5.09. The molecule has 0 saturated heterocycles. The molecule has 1 aromatic rings. The highest BCUT2D eigenvalue weighted by molar-refractivity contribution is 7.09. The number of likely N-dealkylation sites (N-methyl/N-ethyl adjacent to an activating group) is 1. The van der Waals surface area contributed by atoms with Gasteiger partial charge >= 0.3 is 0 Å². The Morgan fingerprint density at radius 2 is 2.16 bits per heavy atom. The summed E-state index contributed by atoms with van der Waals surface area (Å²) in [6, 6.07) is 0.379. The van der Waals surface area contributed by atoms with E-state index < -0.39 is 0 Å². The Morgan fingerprint density at radius 1 is 1.42 bits per heavy atom. The summed E-state index contributed by atoms with van der Waals surface area (Å²) < 4.78 is 5.99. The van der Waals surface area contributed by atoms with Crippen molar-refractivity contribution >= 4 is 11.3 Å². The summed E-state index contributed by atoms with van der Waals surface area (Å²) in [4.78, 5) is 4.62. The van der Waals surface area contributed by atoms with Gasteiger partial charge in [0.1, 0.15) is 0 Å². The fraction of sp³-hybridized carbons (Fsp3) is 0.800. The number of methoxy groups -OCH3 is 1. The third kappa shape index (κ3) is 3.56. The second-order valence-corrected chi connectivity index (χ2v) is 6.56. The molecule has 0 aliphatic heterocycles. The summed E-state index contributed by atoms with van der Waals surface area (Å²) in [5.41, 5.74) is 1.21. The van der Waals surface area contributed by atoms with Gasteiger partial charge in [-0.3, -0.25) is 0 Å². The van der Waals surface area contributed by atoms with Gasteiger partial charge in [0, 0.05) is 25.0 Å². The lowest BCUT2D eigenvalue weighted by molar-refractivity contribution is -0.0671. The standard InChI is InChI=1S/C15H26N2OS/c1-4-16-14(10-13-11-19-12(2)17-13)15(18-3)8-6-5-7-9-15/h11,14,16H,4-10H2,1-3H3. The van der Waals surface area contributed by atoms with E-state index in [1.165, 1.54) is 37.8 Å². The fourth-order valence-electron chi connectivity index (χ4n) is 3.25. The largest absolute Gasteiger partial charge is 0.377 e. The quantitative estimate of drug-likeness (QED) is 0.869. The maximum Gasteiger partial charge on any atom is 0.0897 e. The molecular formula is C15H26N2OS. The normalized spacial score (nSPS) is 20.4. The van der Waals surface area contributed by atoms with Crippen LogP contribution in [0.2, 0.25) is 0 Å². The lowest BCUT2D eigenvalue weighted by Crippen LogP contribution is -2.54. The number of aromatic nitrogens is 1. The van der Waals surface area contributed by atoms with Gasteiger partial charge in [-0.05, 0) is 26.3 Å². The van der Waals surface area contributed by atoms with Gasteiger partial charge in [-0.25, -0.2) is 4.98 Å². The molecule has 1 aliphatic rings. The second-order valence-electron chi connectivity index (χ2n) is 5.50. The first-order chi connectivity index (χ1) is 9.20. The van der Waals surface area contributed by atoms with Crippen molar-refractivity contribution in [3.63, 3.8) is 0 Å². The molecule has 1 fully saturated rings. The first kappa shape index (κ1) is 14.9. The first-order valence-electron chi connectivity index (χ1n) is 7.40. The van der Waals surface area contributed by atoms with Crippen LogP contribution in [0.25, 0.3) is 0 Å². The number of hydrogen-bond donors (Lipinski definition) is 1. The molecule has 0 spiro atoms. The molecule has 0 bridgehead atoms. The predicted molar refractivity (Wildman–Crippen MR) is 80.8 cm³/mol. The SMILES string of the molecule is CCNC(Cc1csc(C)n1)C1(OC)CCCCC1. The molecule has 0 radical (unpaired) electrons. The van der Waals surface area contributed by atoms with E-state index >= 15 is 0 Å². The third-order valence-electron chi connectivity index (χ3n) is 4.27. The number of aryl methyl sites for hydroxylation is 1. The van der Waals surface area contributed by atoms with Crippen LogP contribution in [0.5, 0.6) is 0 Å². The van der Waals surface area contributed by atoms with Gasteiger partial charge in [-0.2, -0.15) is 0 Å². The van der Waals surface area contributed by atoms with Crippen LogP contribution >= 0.6 is 11.3 Å². The average molecular weight is 282 g/mol. The van der Waals surface area contributed by atoms with Crippen molar-refractivity contribution in [2.24, 2.45) is 0 Å². The van der Waals surface area contributed by atoms with Crippen LogP contribution in [0.1, 0.15) is 49.7 Å². The summed E-state index contributed by atoms with van der Waals surface area (Å²) in [7, 11) is 1.88. The Kier molecular flexibility index (Phi) is 5.37. The van der Waals surface area contributed by atoms with Crippen LogP contribution in [-0.2, 0) is 11.2 Å². The van der Waals surface area contributed by atoms with Crippen LogP contribution in [-0.4, -0.2) is 30.3 Å². The lowest BCUT2D eigenvalue weighted by atomic mass is 9.77. The zero-order valence-corrected chi connectivity index (χ0v) is 13.2. The van der Waals surface area contributed by atoms with Crippen molar-refractivity contribution in [3.8, 4) is 0 Å². The van der Waals surface area contributed by atoms with Gasteiger partial charge < -0.3 is 10.1 Å². The minimum absolute atomic E-state index is 0.00574. The van der Waals surface area contributed by atoms with E-state index in [9.17, 15) is 0 Å². The topological polar surface area (TPSA) is 34.2 Å². The number of ether oxygens (including phenoxy) is 1. The smallest absolute Gasteiger partial charge is 0.0897 e. The molecular weight excluding hydrogens is 256 g/mol. The highest BCUT2D eigenvalue weighted by Crippen LogP contribution is 2.35. The zero-order chi connectivity index (χ0) is 13.7. The molecule has 1 heterocycles. The summed E-state index contributed by atoms with van der Waals surface area (Å²) >= 11 is 1.74. The van der Waals surface area contributed by atoms with Gasteiger partial charge in [0.2, 0.25) is 0 Å². The Bertz CT molecular complexity index is 385. The molecule has 0 aromatic carbocycles. The van der Waals surface area contributed by atoms with Crippen molar-refractivity contribution in [3.05, 3.63) is 16.1 Å². The molecule has 0 amide bonds. The van der Waals surface area contributed by atoms with Crippen LogP contribution in [0.15, 0.2) is 5.38 Å². The predicted octanol–water partition coefficient (Wildman–Crippen LogP) is 3.32. The first-order valence-corrected chi connectivity index (χ1v) is 8.27. The van der Waals surface area contributed by atoms with Crippen LogP contribution in [0.4, 0.5) is 0 Å². The number of thiazole rings is 1. The number of nitrogens with zero attached hydrogens (tertiary/aromatic N) is 1. The molecule has 19 heavy (non-hydrogen) atoms. The maximum atomic E-state index is 5.99. The Labute approximate surface area is 120 Å². The van der Waals surface area contributed by atoms with Gasteiger partial charge in [-0.15, -0.1) is 11.3 Å². The molecule has 1 aliphatic carbocycles. The average Bonchev–Trinajstić information content (AvgIpc) is 2.84. The highest BCUT2D eigenvalue weighted by Gasteiger charge is 2.39. The molecule has 1 atom stereocenters. The van der Waals surface area contributed by atoms with E-state index in [2.05, 4.69) is 29.5 Å². The summed E-state index contributed by atoms with van der Waals surface area (Å²) in [5.74, 6) is 0. The van der Waals surface area contributed by atoms with Gasteiger partial charge in [-0.1, -0.05) is 26.2 Å². The summed E-state index contributed by atoms with van der Waals surface area (Å²) in [6.45, 7) is 5.23. The van der Waals surface area contributed by atoms with Crippen LogP contribution in [0, 0.1) is 6.92 Å². The van der Waals surface area contributed by atoms with E-state index in [1.54, 1.807) is 11.3 Å². The van der Waals surface area contributed by atoms with Gasteiger partial charge in [0.15, 0.2) is 0 Å². The van der Waals surface area contributed by atoms with Crippen molar-refractivity contribution < 1.29 is 4.74 Å². The van der Waals surface area contributed by atoms with Crippen LogP contribution < -0.4 is 5.32 Å². The number of rotatable bonds is 6. The molecule has 1 aromatic heterocycles. The Balaban J connectivity index is 2.12. The Hall–Kier alpha value is -0.450. The molecule has 1 unspecified atom stereocenters. The lowest BCUT2D eigenvalue weighted by Gasteiger charge is -2.42. The van der Waals surface area contributed by atoms with Crippen LogP contribution in [0.3, 0.4) is 0 Å². The van der Waals surface area contributed by atoms with Crippen molar-refractivity contribution in [1.29, 1.82) is 0 Å². The molecule has 1 saturated carbocycles. The van der Waals surface area contributed by atoms with Gasteiger partial charge in [0.25, 0.3) is 0 Å². The molecule has 1 N–H and O–H groups in total. The number of nitrogens with one attached hydrogen (secondary N) is 1. The van der Waals surface area contributed by atoms with E-state index in [1.807, 2.05) is 7.11 Å². The van der Waals surface area contributed by atoms with Crippen molar-refractivity contribution in [1.82, 2.24) is 10.3 Å². The van der Waals surface area contributed by atoms with E-state index in [4.69, 9.17) is 4.74 Å². The second kappa shape index (κ2) is 6.82. The van der Waals surface area contributed by atoms with Crippen molar-refractivity contribution in [2.75, 3.05) is 13.7 Å². The number of hydrogen-bond acceptors (Lipinski definition) is 4.